The average Bonchev–Trinajstić information content (AvgIpc) is 2.73. The number of nitrogens with one attached hydrogen (secondary N) is 1. The highest BCUT2D eigenvalue weighted by Gasteiger charge is 2.12. The second-order valence-corrected chi connectivity index (χ2v) is 6.46. The van der Waals surface area contributed by atoms with Gasteiger partial charge in [-0.2, -0.15) is 0 Å². The smallest absolute Gasteiger partial charge is 0.193 e. The zero-order valence-corrected chi connectivity index (χ0v) is 18.7. The number of piperidine rings is 1. The van der Waals surface area contributed by atoms with Crippen LogP contribution in [0.15, 0.2) is 41.5 Å². The van der Waals surface area contributed by atoms with Crippen LogP contribution in [0.3, 0.4) is 0 Å². The van der Waals surface area contributed by atoms with Crippen molar-refractivity contribution >= 4 is 41.4 Å². The third-order valence-electron chi connectivity index (χ3n) is 4.59. The van der Waals surface area contributed by atoms with Gasteiger partial charge in [0.2, 0.25) is 0 Å². The summed E-state index contributed by atoms with van der Waals surface area (Å²) in [4.78, 5) is 11.3. The number of aromatic nitrogens is 1. The maximum Gasteiger partial charge on any atom is 0.193 e. The van der Waals surface area contributed by atoms with Crippen LogP contribution in [0.5, 0.6) is 11.5 Å². The molecule has 0 bridgehead atoms. The number of hydrogen-bond donors (Lipinski definition) is 2. The molecule has 1 aliphatic rings. The van der Waals surface area contributed by atoms with Gasteiger partial charge in [0.15, 0.2) is 5.96 Å². The van der Waals surface area contributed by atoms with Gasteiger partial charge in [0, 0.05) is 25.4 Å². The third kappa shape index (κ3) is 5.88. The number of hydrogen-bond acceptors (Lipinski definition) is 5. The minimum Gasteiger partial charge on any atom is -0.497 e. The number of halogens is 1. The van der Waals surface area contributed by atoms with E-state index >= 15 is 0 Å². The van der Waals surface area contributed by atoms with Crippen LogP contribution < -0.4 is 25.4 Å². The number of benzene rings is 1. The van der Waals surface area contributed by atoms with E-state index in [-0.39, 0.29) is 24.0 Å². The quantitative estimate of drug-likeness (QED) is 0.360. The van der Waals surface area contributed by atoms with E-state index in [9.17, 15) is 0 Å². The molecule has 3 rings (SSSR count). The summed E-state index contributed by atoms with van der Waals surface area (Å²) in [5.41, 5.74) is 7.85. The number of pyridine rings is 1. The van der Waals surface area contributed by atoms with Crippen molar-refractivity contribution in [2.24, 2.45) is 10.7 Å². The van der Waals surface area contributed by atoms with Crippen LogP contribution in [0.4, 0.5) is 11.5 Å². The maximum atomic E-state index is 6.07. The highest BCUT2D eigenvalue weighted by Crippen LogP contribution is 2.28. The Morgan fingerprint density at radius 1 is 1.14 bits per heavy atom. The summed E-state index contributed by atoms with van der Waals surface area (Å²) in [6.07, 6.45) is 5.59. The van der Waals surface area contributed by atoms with Gasteiger partial charge in [-0.1, -0.05) is 0 Å². The first kappa shape index (κ1) is 22.1. The van der Waals surface area contributed by atoms with Crippen molar-refractivity contribution < 1.29 is 9.47 Å². The summed E-state index contributed by atoms with van der Waals surface area (Å²) < 4.78 is 10.6. The number of aliphatic imine (C=N–C) groups is 1. The van der Waals surface area contributed by atoms with Crippen molar-refractivity contribution in [1.82, 2.24) is 4.98 Å². The number of methoxy groups -OCH3 is 2. The number of anilines is 2. The molecule has 0 aliphatic carbocycles. The van der Waals surface area contributed by atoms with E-state index in [1.165, 1.54) is 19.3 Å². The summed E-state index contributed by atoms with van der Waals surface area (Å²) in [5.74, 6) is 2.72. The second kappa shape index (κ2) is 10.9. The van der Waals surface area contributed by atoms with Crippen LogP contribution in [0.25, 0.3) is 0 Å². The zero-order valence-electron chi connectivity index (χ0n) is 16.4. The largest absolute Gasteiger partial charge is 0.497 e. The first-order valence-corrected chi connectivity index (χ1v) is 9.18. The van der Waals surface area contributed by atoms with Crippen molar-refractivity contribution in [3.05, 3.63) is 42.1 Å². The number of rotatable bonds is 6. The van der Waals surface area contributed by atoms with Crippen molar-refractivity contribution in [1.29, 1.82) is 0 Å². The molecule has 0 unspecified atom stereocenters. The molecule has 2 aromatic rings. The van der Waals surface area contributed by atoms with Crippen LogP contribution in [-0.4, -0.2) is 38.3 Å². The lowest BCUT2D eigenvalue weighted by Gasteiger charge is -2.27. The zero-order chi connectivity index (χ0) is 19.1. The fraction of sp³-hybridized carbons (Fsp3) is 0.400. The fourth-order valence-corrected chi connectivity index (χ4v) is 3.12. The van der Waals surface area contributed by atoms with E-state index in [1.54, 1.807) is 14.2 Å². The summed E-state index contributed by atoms with van der Waals surface area (Å²) in [7, 11) is 3.23. The van der Waals surface area contributed by atoms with Gasteiger partial charge in [0.05, 0.1) is 26.5 Å². The Bertz CT molecular complexity index is 794. The van der Waals surface area contributed by atoms with Gasteiger partial charge >= 0.3 is 0 Å². The monoisotopic (exact) mass is 497 g/mol. The summed E-state index contributed by atoms with van der Waals surface area (Å²) in [6, 6.07) is 9.53. The van der Waals surface area contributed by atoms with Crippen LogP contribution in [-0.2, 0) is 6.54 Å². The second-order valence-electron chi connectivity index (χ2n) is 6.46. The van der Waals surface area contributed by atoms with E-state index in [2.05, 4.69) is 26.3 Å². The van der Waals surface area contributed by atoms with E-state index in [0.29, 0.717) is 29.7 Å². The van der Waals surface area contributed by atoms with Crippen LogP contribution >= 0.6 is 24.0 Å². The molecular formula is C20H28IN5O2. The topological polar surface area (TPSA) is 85.0 Å². The van der Waals surface area contributed by atoms with Crippen LogP contribution in [0.2, 0.25) is 0 Å². The first-order chi connectivity index (χ1) is 13.2. The number of guanidine groups is 1. The molecular weight excluding hydrogens is 469 g/mol. The molecule has 152 valence electrons. The molecule has 1 fully saturated rings. The molecule has 0 amide bonds. The van der Waals surface area contributed by atoms with Gasteiger partial charge in [-0.3, -0.25) is 0 Å². The van der Waals surface area contributed by atoms with Crippen molar-refractivity contribution in [2.75, 3.05) is 37.5 Å². The van der Waals surface area contributed by atoms with E-state index in [4.69, 9.17) is 15.2 Å². The lowest BCUT2D eigenvalue weighted by molar-refractivity contribution is 0.405. The highest BCUT2D eigenvalue weighted by molar-refractivity contribution is 14.0. The summed E-state index contributed by atoms with van der Waals surface area (Å²) in [5, 5.41) is 3.08. The third-order valence-corrected chi connectivity index (χ3v) is 4.59. The molecule has 28 heavy (non-hydrogen) atoms. The number of nitrogens with two attached hydrogens (primary N) is 1. The Balaban J connectivity index is 0.00000280. The molecule has 1 aliphatic heterocycles. The lowest BCUT2D eigenvalue weighted by Crippen LogP contribution is -2.30. The Morgan fingerprint density at radius 3 is 2.64 bits per heavy atom. The molecule has 1 saturated heterocycles. The molecule has 1 aromatic heterocycles. The van der Waals surface area contributed by atoms with E-state index in [0.717, 1.165) is 24.5 Å². The van der Waals surface area contributed by atoms with Gasteiger partial charge in [-0.15, -0.1) is 24.0 Å². The Kier molecular flexibility index (Phi) is 8.62. The SMILES string of the molecule is COc1ccc(OC)c(NC(N)=NCc2ccnc(N3CCCCC3)c2)c1.I. The predicted molar refractivity (Wildman–Crippen MR) is 124 cm³/mol. The van der Waals surface area contributed by atoms with Gasteiger partial charge in [0.25, 0.3) is 0 Å². The minimum atomic E-state index is 0. The highest BCUT2D eigenvalue weighted by atomic mass is 127. The van der Waals surface area contributed by atoms with Gasteiger partial charge in [-0.05, 0) is 49.1 Å². The Morgan fingerprint density at radius 2 is 1.93 bits per heavy atom. The molecule has 7 nitrogen and oxygen atoms in total. The summed E-state index contributed by atoms with van der Waals surface area (Å²) in [6.45, 7) is 2.62. The first-order valence-electron chi connectivity index (χ1n) is 9.18. The predicted octanol–water partition coefficient (Wildman–Crippen LogP) is 3.63. The number of ether oxygens (including phenoxy) is 2. The molecule has 3 N–H and O–H groups in total. The molecule has 0 saturated carbocycles. The van der Waals surface area contributed by atoms with Crippen molar-refractivity contribution in [3.8, 4) is 11.5 Å². The Labute approximate surface area is 183 Å². The van der Waals surface area contributed by atoms with Gasteiger partial charge < -0.3 is 25.4 Å². The van der Waals surface area contributed by atoms with E-state index in [1.807, 2.05) is 30.5 Å². The lowest BCUT2D eigenvalue weighted by atomic mass is 10.1. The van der Waals surface area contributed by atoms with Gasteiger partial charge in [0.1, 0.15) is 17.3 Å². The number of nitrogens with zero attached hydrogens (tertiary/aromatic N) is 3. The summed E-state index contributed by atoms with van der Waals surface area (Å²) >= 11 is 0. The Hall–Kier alpha value is -2.23. The minimum absolute atomic E-state index is 0. The average molecular weight is 497 g/mol. The van der Waals surface area contributed by atoms with Crippen molar-refractivity contribution in [3.63, 3.8) is 0 Å². The maximum absolute atomic E-state index is 6.07. The van der Waals surface area contributed by atoms with E-state index < -0.39 is 0 Å². The molecule has 0 radical (unpaired) electrons. The van der Waals surface area contributed by atoms with Gasteiger partial charge in [-0.25, -0.2) is 9.98 Å². The normalized spacial score (nSPS) is 14.2. The van der Waals surface area contributed by atoms with Crippen LogP contribution in [0.1, 0.15) is 24.8 Å². The standard InChI is InChI=1S/C20H27N5O2.HI/c1-26-16-6-7-18(27-2)17(13-16)24-20(21)23-14-15-8-9-22-19(12-15)25-10-4-3-5-11-25;/h6-9,12-13H,3-5,10-11,14H2,1-2H3,(H3,21,23,24);1H. The molecule has 8 heteroatoms. The molecule has 0 spiro atoms. The fourth-order valence-electron chi connectivity index (χ4n) is 3.12. The van der Waals surface area contributed by atoms with Crippen molar-refractivity contribution in [2.45, 2.75) is 25.8 Å². The molecule has 0 atom stereocenters. The van der Waals surface area contributed by atoms with Crippen LogP contribution in [0, 0.1) is 0 Å². The molecule has 1 aromatic carbocycles. The molecule has 2 heterocycles.